The lowest BCUT2D eigenvalue weighted by Gasteiger charge is -2.32. The number of urea groups is 1. The van der Waals surface area contributed by atoms with Crippen LogP contribution in [0.4, 0.5) is 10.5 Å². The van der Waals surface area contributed by atoms with E-state index in [9.17, 15) is 9.59 Å². The van der Waals surface area contributed by atoms with E-state index in [-0.39, 0.29) is 18.0 Å². The number of furan rings is 1. The van der Waals surface area contributed by atoms with E-state index in [1.807, 2.05) is 32.0 Å². The number of amides is 3. The fourth-order valence-electron chi connectivity index (χ4n) is 3.15. The molecule has 2 heterocycles. The van der Waals surface area contributed by atoms with Crippen LogP contribution < -0.4 is 15.4 Å². The van der Waals surface area contributed by atoms with E-state index in [0.29, 0.717) is 49.5 Å². The number of carbonyl (C=O) groups is 2. The summed E-state index contributed by atoms with van der Waals surface area (Å²) in [6.45, 7) is 5.62. The van der Waals surface area contributed by atoms with Gasteiger partial charge in [-0.15, -0.1) is 0 Å². The molecular formula is C20H25N3O4. The number of nitrogens with zero attached hydrogens (tertiary/aromatic N) is 1. The molecule has 7 heteroatoms. The third kappa shape index (κ3) is 4.81. The minimum absolute atomic E-state index is 0.0272. The third-order valence-electron chi connectivity index (χ3n) is 4.57. The number of hydrogen-bond donors (Lipinski definition) is 2. The van der Waals surface area contributed by atoms with Crippen LogP contribution in [0.3, 0.4) is 0 Å². The Hall–Kier alpha value is -2.96. The number of piperidine rings is 1. The average molecular weight is 371 g/mol. The van der Waals surface area contributed by atoms with Gasteiger partial charge in [-0.1, -0.05) is 6.07 Å². The van der Waals surface area contributed by atoms with Gasteiger partial charge in [0.2, 0.25) is 0 Å². The number of ether oxygens (including phenoxy) is 1. The molecule has 2 N–H and O–H groups in total. The standard InChI is InChI=1S/C20H25N3O4/c1-3-27-18-12-14(2)4-5-17(18)22-20(25)21-16-6-9-23(10-7-16)19(24)15-8-11-26-13-15/h4-5,8,11-13,16H,3,6-7,9-10H2,1-2H3,(H2,21,22,25). The van der Waals surface area contributed by atoms with Crippen molar-refractivity contribution >= 4 is 17.6 Å². The predicted molar refractivity (Wildman–Crippen MR) is 102 cm³/mol. The molecule has 0 radical (unpaired) electrons. The number of anilines is 1. The van der Waals surface area contributed by atoms with Crippen molar-refractivity contribution in [1.82, 2.24) is 10.2 Å². The minimum atomic E-state index is -0.264. The minimum Gasteiger partial charge on any atom is -0.492 e. The number of rotatable bonds is 5. The molecule has 144 valence electrons. The van der Waals surface area contributed by atoms with Crippen LogP contribution in [0.25, 0.3) is 0 Å². The predicted octanol–water partition coefficient (Wildman–Crippen LogP) is 3.41. The second-order valence-corrected chi connectivity index (χ2v) is 6.61. The Morgan fingerprint density at radius 3 is 2.70 bits per heavy atom. The molecule has 1 aromatic heterocycles. The van der Waals surface area contributed by atoms with Crippen LogP contribution in [-0.2, 0) is 0 Å². The van der Waals surface area contributed by atoms with Gasteiger partial charge in [-0.2, -0.15) is 0 Å². The lowest BCUT2D eigenvalue weighted by molar-refractivity contribution is 0.0708. The number of aryl methyl sites for hydroxylation is 1. The van der Waals surface area contributed by atoms with Gasteiger partial charge in [0.25, 0.3) is 5.91 Å². The van der Waals surface area contributed by atoms with Crippen molar-refractivity contribution in [1.29, 1.82) is 0 Å². The highest BCUT2D eigenvalue weighted by Crippen LogP contribution is 2.25. The van der Waals surface area contributed by atoms with Crippen molar-refractivity contribution in [2.45, 2.75) is 32.7 Å². The first kappa shape index (κ1) is 18.8. The zero-order valence-corrected chi connectivity index (χ0v) is 15.7. The van der Waals surface area contributed by atoms with Crippen LogP contribution in [-0.4, -0.2) is 42.6 Å². The molecule has 7 nitrogen and oxygen atoms in total. The Morgan fingerprint density at radius 2 is 2.04 bits per heavy atom. The summed E-state index contributed by atoms with van der Waals surface area (Å²) in [6.07, 6.45) is 4.37. The summed E-state index contributed by atoms with van der Waals surface area (Å²) in [6, 6.07) is 7.10. The summed E-state index contributed by atoms with van der Waals surface area (Å²) >= 11 is 0. The van der Waals surface area contributed by atoms with Gasteiger partial charge in [-0.3, -0.25) is 4.79 Å². The van der Waals surface area contributed by atoms with Gasteiger partial charge in [0.05, 0.1) is 24.1 Å². The molecule has 3 amide bonds. The van der Waals surface area contributed by atoms with Crippen LogP contribution in [0.15, 0.2) is 41.2 Å². The number of benzene rings is 1. The van der Waals surface area contributed by atoms with Crippen LogP contribution in [0.5, 0.6) is 5.75 Å². The van der Waals surface area contributed by atoms with E-state index in [0.717, 1.165) is 5.56 Å². The fraction of sp³-hybridized carbons (Fsp3) is 0.400. The Balaban J connectivity index is 1.51. The molecule has 0 saturated carbocycles. The molecule has 0 unspecified atom stereocenters. The first-order valence-corrected chi connectivity index (χ1v) is 9.19. The molecule has 1 aliphatic heterocycles. The van der Waals surface area contributed by atoms with Crippen molar-refractivity contribution < 1.29 is 18.7 Å². The molecule has 1 fully saturated rings. The van der Waals surface area contributed by atoms with Gasteiger partial charge in [0, 0.05) is 19.1 Å². The maximum atomic E-state index is 12.4. The molecule has 1 aliphatic rings. The molecule has 3 rings (SSSR count). The fourth-order valence-corrected chi connectivity index (χ4v) is 3.15. The van der Waals surface area contributed by atoms with Crippen LogP contribution in [0, 0.1) is 6.92 Å². The molecule has 0 atom stereocenters. The Bertz CT molecular complexity index is 781. The summed E-state index contributed by atoms with van der Waals surface area (Å²) in [7, 11) is 0. The Kier molecular flexibility index (Phi) is 6.01. The second-order valence-electron chi connectivity index (χ2n) is 6.61. The molecule has 0 aliphatic carbocycles. The lowest BCUT2D eigenvalue weighted by Crippen LogP contribution is -2.47. The second kappa shape index (κ2) is 8.62. The van der Waals surface area contributed by atoms with Gasteiger partial charge in [-0.05, 0) is 50.5 Å². The largest absolute Gasteiger partial charge is 0.492 e. The van der Waals surface area contributed by atoms with Crippen molar-refractivity contribution in [3.05, 3.63) is 47.9 Å². The number of hydrogen-bond acceptors (Lipinski definition) is 4. The van der Waals surface area contributed by atoms with Gasteiger partial charge in [0.15, 0.2) is 0 Å². The zero-order valence-electron chi connectivity index (χ0n) is 15.7. The first-order chi connectivity index (χ1) is 13.1. The van der Waals surface area contributed by atoms with Crippen LogP contribution in [0.2, 0.25) is 0 Å². The molecular weight excluding hydrogens is 346 g/mol. The number of nitrogens with one attached hydrogen (secondary N) is 2. The monoisotopic (exact) mass is 371 g/mol. The van der Waals surface area contributed by atoms with Crippen LogP contribution >= 0.6 is 0 Å². The van der Waals surface area contributed by atoms with E-state index in [2.05, 4.69) is 10.6 Å². The summed E-state index contributed by atoms with van der Waals surface area (Å²) < 4.78 is 10.6. The first-order valence-electron chi connectivity index (χ1n) is 9.19. The summed E-state index contributed by atoms with van der Waals surface area (Å²) in [5.74, 6) is 0.626. The summed E-state index contributed by atoms with van der Waals surface area (Å²) in [4.78, 5) is 26.4. The maximum absolute atomic E-state index is 12.4. The SMILES string of the molecule is CCOc1cc(C)ccc1NC(=O)NC1CCN(C(=O)c2ccoc2)CC1. The summed E-state index contributed by atoms with van der Waals surface area (Å²) in [5, 5.41) is 5.84. The topological polar surface area (TPSA) is 83.8 Å². The third-order valence-corrected chi connectivity index (χ3v) is 4.57. The quantitative estimate of drug-likeness (QED) is 0.844. The van der Waals surface area contributed by atoms with Crippen molar-refractivity contribution in [3.63, 3.8) is 0 Å². The van der Waals surface area contributed by atoms with E-state index < -0.39 is 0 Å². The average Bonchev–Trinajstić information content (AvgIpc) is 3.19. The van der Waals surface area contributed by atoms with Gasteiger partial charge in [-0.25, -0.2) is 4.79 Å². The number of carbonyl (C=O) groups excluding carboxylic acids is 2. The highest BCUT2D eigenvalue weighted by Gasteiger charge is 2.25. The molecule has 0 bridgehead atoms. The number of likely N-dealkylation sites (tertiary alicyclic amines) is 1. The van der Waals surface area contributed by atoms with Gasteiger partial charge < -0.3 is 24.7 Å². The van der Waals surface area contributed by atoms with Gasteiger partial charge in [0.1, 0.15) is 12.0 Å². The lowest BCUT2D eigenvalue weighted by atomic mass is 10.0. The zero-order chi connectivity index (χ0) is 19.2. The molecule has 2 aromatic rings. The Labute approximate surface area is 158 Å². The van der Waals surface area contributed by atoms with E-state index in [4.69, 9.17) is 9.15 Å². The molecule has 1 aromatic carbocycles. The Morgan fingerprint density at radius 1 is 1.26 bits per heavy atom. The molecule has 27 heavy (non-hydrogen) atoms. The van der Waals surface area contributed by atoms with E-state index >= 15 is 0 Å². The highest BCUT2D eigenvalue weighted by atomic mass is 16.5. The maximum Gasteiger partial charge on any atom is 0.319 e. The normalized spacial score (nSPS) is 14.7. The van der Waals surface area contributed by atoms with Gasteiger partial charge >= 0.3 is 6.03 Å². The van der Waals surface area contributed by atoms with E-state index in [1.165, 1.54) is 12.5 Å². The van der Waals surface area contributed by atoms with Crippen molar-refractivity contribution in [2.24, 2.45) is 0 Å². The molecule has 1 saturated heterocycles. The van der Waals surface area contributed by atoms with Crippen molar-refractivity contribution in [2.75, 3.05) is 25.0 Å². The molecule has 0 spiro atoms. The van der Waals surface area contributed by atoms with Crippen LogP contribution in [0.1, 0.15) is 35.7 Å². The van der Waals surface area contributed by atoms with Crippen molar-refractivity contribution in [3.8, 4) is 5.75 Å². The van der Waals surface area contributed by atoms with E-state index in [1.54, 1.807) is 11.0 Å². The summed E-state index contributed by atoms with van der Waals surface area (Å²) in [5.41, 5.74) is 2.27. The highest BCUT2D eigenvalue weighted by molar-refractivity contribution is 5.94. The smallest absolute Gasteiger partial charge is 0.319 e.